The molecule has 1 aliphatic rings. The van der Waals surface area contributed by atoms with Gasteiger partial charge in [-0.15, -0.1) is 0 Å². The van der Waals surface area contributed by atoms with Gasteiger partial charge >= 0.3 is 6.09 Å². The summed E-state index contributed by atoms with van der Waals surface area (Å²) in [7, 11) is 3.05. The molecular formula is C24H21FN2O4. The van der Waals surface area contributed by atoms with Crippen LogP contribution >= 0.6 is 0 Å². The lowest BCUT2D eigenvalue weighted by molar-refractivity contribution is -0.121. The molecule has 1 heterocycles. The highest BCUT2D eigenvalue weighted by atomic mass is 19.1. The number of amides is 2. The second kappa shape index (κ2) is 8.47. The second-order valence-electron chi connectivity index (χ2n) is 7.13. The number of likely N-dealkylation sites (N-methyl/N-ethyl adjacent to an activating group) is 1. The Bertz CT molecular complexity index is 1100. The summed E-state index contributed by atoms with van der Waals surface area (Å²) in [6.45, 7) is 0.0948. The van der Waals surface area contributed by atoms with E-state index in [9.17, 15) is 14.0 Å². The Morgan fingerprint density at radius 3 is 2.45 bits per heavy atom. The van der Waals surface area contributed by atoms with Crippen LogP contribution in [0.5, 0.6) is 5.75 Å². The smallest absolute Gasteiger partial charge is 0.410 e. The monoisotopic (exact) mass is 420 g/mol. The third-order valence-electron chi connectivity index (χ3n) is 5.19. The molecule has 6 nitrogen and oxygen atoms in total. The van der Waals surface area contributed by atoms with E-state index in [0.29, 0.717) is 22.7 Å². The Labute approximate surface area is 179 Å². The largest absolute Gasteiger partial charge is 0.497 e. The van der Waals surface area contributed by atoms with Crippen molar-refractivity contribution in [3.63, 3.8) is 0 Å². The number of carbonyl (C=O) groups is 2. The van der Waals surface area contributed by atoms with Crippen molar-refractivity contribution in [1.29, 1.82) is 0 Å². The molecule has 0 saturated heterocycles. The van der Waals surface area contributed by atoms with Gasteiger partial charge in [0.2, 0.25) is 0 Å². The van der Waals surface area contributed by atoms with E-state index in [-0.39, 0.29) is 12.5 Å². The number of hydrogen-bond acceptors (Lipinski definition) is 4. The van der Waals surface area contributed by atoms with E-state index >= 15 is 0 Å². The highest BCUT2D eigenvalue weighted by molar-refractivity contribution is 6.11. The van der Waals surface area contributed by atoms with Gasteiger partial charge in [-0.3, -0.25) is 14.6 Å². The van der Waals surface area contributed by atoms with Crippen LogP contribution in [0, 0.1) is 5.82 Å². The van der Waals surface area contributed by atoms with Gasteiger partial charge in [0, 0.05) is 18.3 Å². The molecule has 2 amide bonds. The third kappa shape index (κ3) is 3.94. The van der Waals surface area contributed by atoms with E-state index < -0.39 is 18.0 Å². The van der Waals surface area contributed by atoms with Crippen LogP contribution in [0.2, 0.25) is 0 Å². The molecule has 31 heavy (non-hydrogen) atoms. The first-order chi connectivity index (χ1) is 15.0. The van der Waals surface area contributed by atoms with Crippen LogP contribution in [0.3, 0.4) is 0 Å². The molecule has 1 atom stereocenters. The van der Waals surface area contributed by atoms with Crippen LogP contribution in [0.25, 0.3) is 0 Å². The lowest BCUT2D eigenvalue weighted by Crippen LogP contribution is -2.37. The number of nitrogens with zero attached hydrogens (tertiary/aromatic N) is 2. The molecule has 4 rings (SSSR count). The molecule has 0 bridgehead atoms. The molecule has 0 aromatic heterocycles. The lowest BCUT2D eigenvalue weighted by atomic mass is 10.1. The van der Waals surface area contributed by atoms with Crippen molar-refractivity contribution in [2.75, 3.05) is 19.1 Å². The average molecular weight is 420 g/mol. The van der Waals surface area contributed by atoms with Gasteiger partial charge in [0.15, 0.2) is 0 Å². The van der Waals surface area contributed by atoms with E-state index in [1.54, 1.807) is 18.2 Å². The van der Waals surface area contributed by atoms with Gasteiger partial charge in [0.1, 0.15) is 24.2 Å². The number of hydrogen-bond donors (Lipinski definition) is 0. The van der Waals surface area contributed by atoms with Crippen molar-refractivity contribution >= 4 is 23.4 Å². The number of benzene rings is 3. The van der Waals surface area contributed by atoms with E-state index in [4.69, 9.17) is 9.47 Å². The molecule has 1 unspecified atom stereocenters. The average Bonchev–Trinajstić information content (AvgIpc) is 3.09. The summed E-state index contributed by atoms with van der Waals surface area (Å²) in [6, 6.07) is 19.2. The maximum Gasteiger partial charge on any atom is 0.410 e. The number of rotatable bonds is 5. The van der Waals surface area contributed by atoms with Crippen LogP contribution in [-0.4, -0.2) is 31.1 Å². The van der Waals surface area contributed by atoms with E-state index in [1.165, 1.54) is 48.2 Å². The number of methoxy groups -OCH3 is 1. The second-order valence-corrected chi connectivity index (χ2v) is 7.13. The summed E-state index contributed by atoms with van der Waals surface area (Å²) in [5.41, 5.74) is 2.56. The fourth-order valence-electron chi connectivity index (χ4n) is 3.61. The van der Waals surface area contributed by atoms with Crippen molar-refractivity contribution in [3.05, 3.63) is 89.7 Å². The zero-order valence-electron chi connectivity index (χ0n) is 17.1. The number of fused-ring (bicyclic) bond motifs is 1. The highest BCUT2D eigenvalue weighted by Crippen LogP contribution is 2.44. The lowest BCUT2D eigenvalue weighted by Gasteiger charge is -2.24. The summed E-state index contributed by atoms with van der Waals surface area (Å²) in [6.07, 6.45) is -0.628. The molecule has 3 aromatic carbocycles. The summed E-state index contributed by atoms with van der Waals surface area (Å²) >= 11 is 0. The van der Waals surface area contributed by atoms with Crippen LogP contribution in [-0.2, 0) is 16.1 Å². The van der Waals surface area contributed by atoms with E-state index in [1.807, 2.05) is 30.3 Å². The number of halogens is 1. The molecule has 0 radical (unpaired) electrons. The normalized spacial score (nSPS) is 14.9. The molecule has 158 valence electrons. The standard InChI is InChI=1S/C24H21FN2O4/c1-26(24(29)31-15-16-6-4-3-5-7-16)22-20-14-19(30-2)12-13-21(20)27(23(22)28)18-10-8-17(25)9-11-18/h3-14,22H,15H2,1-2H3. The molecule has 3 aromatic rings. The first-order valence-electron chi connectivity index (χ1n) is 9.70. The van der Waals surface area contributed by atoms with Crippen molar-refractivity contribution in [3.8, 4) is 5.75 Å². The number of ether oxygens (including phenoxy) is 2. The minimum Gasteiger partial charge on any atom is -0.497 e. The Hall–Kier alpha value is -3.87. The van der Waals surface area contributed by atoms with E-state index in [2.05, 4.69) is 0 Å². The third-order valence-corrected chi connectivity index (χ3v) is 5.19. The van der Waals surface area contributed by atoms with Gasteiger partial charge in [-0.05, 0) is 48.0 Å². The van der Waals surface area contributed by atoms with Crippen molar-refractivity contribution in [2.45, 2.75) is 12.6 Å². The van der Waals surface area contributed by atoms with Crippen LogP contribution in [0.15, 0.2) is 72.8 Å². The fourth-order valence-corrected chi connectivity index (χ4v) is 3.61. The molecule has 1 aliphatic heterocycles. The topological polar surface area (TPSA) is 59.1 Å². The summed E-state index contributed by atoms with van der Waals surface area (Å²) in [4.78, 5) is 28.9. The van der Waals surface area contributed by atoms with Gasteiger partial charge in [-0.1, -0.05) is 30.3 Å². The van der Waals surface area contributed by atoms with Gasteiger partial charge < -0.3 is 9.47 Å². The Morgan fingerprint density at radius 1 is 1.06 bits per heavy atom. The quantitative estimate of drug-likeness (QED) is 0.594. The zero-order chi connectivity index (χ0) is 22.0. The summed E-state index contributed by atoms with van der Waals surface area (Å²) in [5, 5.41) is 0. The molecular weight excluding hydrogens is 399 g/mol. The predicted octanol–water partition coefficient (Wildman–Crippen LogP) is 4.82. The first kappa shape index (κ1) is 20.4. The fraction of sp³-hybridized carbons (Fsp3) is 0.167. The Morgan fingerprint density at radius 2 is 1.77 bits per heavy atom. The number of carbonyl (C=O) groups excluding carboxylic acids is 2. The summed E-state index contributed by atoms with van der Waals surface area (Å²) < 4.78 is 24.1. The van der Waals surface area contributed by atoms with Crippen molar-refractivity contribution < 1.29 is 23.5 Å². The van der Waals surface area contributed by atoms with Crippen LogP contribution in [0.1, 0.15) is 17.2 Å². The van der Waals surface area contributed by atoms with Gasteiger partial charge in [0.05, 0.1) is 12.8 Å². The first-order valence-corrected chi connectivity index (χ1v) is 9.70. The molecule has 0 saturated carbocycles. The minimum atomic E-state index is -0.904. The Kier molecular flexibility index (Phi) is 5.58. The molecule has 0 N–H and O–H groups in total. The van der Waals surface area contributed by atoms with Crippen molar-refractivity contribution in [1.82, 2.24) is 4.90 Å². The Balaban J connectivity index is 1.64. The summed E-state index contributed by atoms with van der Waals surface area (Å²) in [5.74, 6) is -0.180. The molecule has 0 aliphatic carbocycles. The van der Waals surface area contributed by atoms with E-state index in [0.717, 1.165) is 5.56 Å². The molecule has 7 heteroatoms. The van der Waals surface area contributed by atoms with Gasteiger partial charge in [-0.2, -0.15) is 0 Å². The number of anilines is 2. The minimum absolute atomic E-state index is 0.0948. The van der Waals surface area contributed by atoms with Gasteiger partial charge in [0.25, 0.3) is 5.91 Å². The van der Waals surface area contributed by atoms with Gasteiger partial charge in [-0.25, -0.2) is 9.18 Å². The highest BCUT2D eigenvalue weighted by Gasteiger charge is 2.43. The van der Waals surface area contributed by atoms with Crippen molar-refractivity contribution in [2.24, 2.45) is 0 Å². The van der Waals surface area contributed by atoms with Crippen LogP contribution < -0.4 is 9.64 Å². The maximum absolute atomic E-state index is 13.4. The predicted molar refractivity (Wildman–Crippen MR) is 114 cm³/mol. The molecule has 0 fully saturated rings. The molecule has 0 spiro atoms. The maximum atomic E-state index is 13.4. The SMILES string of the molecule is COc1ccc2c(c1)C(N(C)C(=O)OCc1ccccc1)C(=O)N2c1ccc(F)cc1. The van der Waals surface area contributed by atoms with Crippen LogP contribution in [0.4, 0.5) is 20.6 Å². The zero-order valence-corrected chi connectivity index (χ0v) is 17.1.